The first-order chi connectivity index (χ1) is 11.7. The summed E-state index contributed by atoms with van der Waals surface area (Å²) in [5, 5.41) is 5.05. The third-order valence-corrected chi connectivity index (χ3v) is 4.87. The molecule has 1 N–H and O–H groups in total. The van der Waals surface area contributed by atoms with Crippen LogP contribution < -0.4 is 14.8 Å². The highest BCUT2D eigenvalue weighted by atomic mass is 32.1. The van der Waals surface area contributed by atoms with E-state index in [4.69, 9.17) is 9.47 Å². The zero-order chi connectivity index (χ0) is 16.8. The smallest absolute Gasteiger partial charge is 0.234 e. The highest BCUT2D eigenvalue weighted by Crippen LogP contribution is 2.32. The van der Waals surface area contributed by atoms with E-state index >= 15 is 0 Å². The van der Waals surface area contributed by atoms with Crippen molar-refractivity contribution in [3.8, 4) is 11.5 Å². The first kappa shape index (κ1) is 16.8. The van der Waals surface area contributed by atoms with Crippen LogP contribution in [-0.4, -0.2) is 37.2 Å². The Morgan fingerprint density at radius 1 is 1.29 bits per heavy atom. The van der Waals surface area contributed by atoms with Gasteiger partial charge in [-0.1, -0.05) is 19.1 Å². The first-order valence-electron chi connectivity index (χ1n) is 8.14. The normalized spacial score (nSPS) is 12.6. The van der Waals surface area contributed by atoms with Crippen molar-refractivity contribution in [2.24, 2.45) is 0 Å². The van der Waals surface area contributed by atoms with Crippen molar-refractivity contribution in [2.75, 3.05) is 26.4 Å². The van der Waals surface area contributed by atoms with E-state index < -0.39 is 0 Å². The molecule has 0 bridgehead atoms. The Kier molecular flexibility index (Phi) is 5.72. The molecule has 0 atom stereocenters. The molecule has 0 fully saturated rings. The summed E-state index contributed by atoms with van der Waals surface area (Å²) < 4.78 is 10.7. The van der Waals surface area contributed by atoms with Crippen molar-refractivity contribution >= 4 is 17.2 Å². The number of hydrogen-bond donors (Lipinski definition) is 1. The molecule has 24 heavy (non-hydrogen) atoms. The van der Waals surface area contributed by atoms with E-state index in [1.165, 1.54) is 4.88 Å². The summed E-state index contributed by atoms with van der Waals surface area (Å²) in [5.41, 5.74) is 1.12. The summed E-state index contributed by atoms with van der Waals surface area (Å²) in [4.78, 5) is 15.5. The van der Waals surface area contributed by atoms with Gasteiger partial charge in [0.2, 0.25) is 12.7 Å². The summed E-state index contributed by atoms with van der Waals surface area (Å²) in [6, 6.07) is 10.1. The number of ether oxygens (including phenoxy) is 2. The lowest BCUT2D eigenvalue weighted by atomic mass is 10.2. The molecule has 5 nitrogen and oxygen atoms in total. The maximum absolute atomic E-state index is 12.1. The van der Waals surface area contributed by atoms with Gasteiger partial charge in [0.1, 0.15) is 0 Å². The maximum Gasteiger partial charge on any atom is 0.234 e. The molecule has 1 aliphatic rings. The number of rotatable bonds is 8. The number of nitrogens with one attached hydrogen (secondary N) is 1. The number of benzene rings is 1. The Hall–Kier alpha value is -2.05. The summed E-state index contributed by atoms with van der Waals surface area (Å²) in [6.45, 7) is 4.95. The third-order valence-electron chi connectivity index (χ3n) is 3.93. The molecule has 6 heteroatoms. The zero-order valence-corrected chi connectivity index (χ0v) is 14.6. The van der Waals surface area contributed by atoms with Crippen molar-refractivity contribution in [3.63, 3.8) is 0 Å². The molecule has 3 rings (SSSR count). The molecule has 0 spiro atoms. The zero-order valence-electron chi connectivity index (χ0n) is 13.8. The van der Waals surface area contributed by atoms with E-state index in [0.29, 0.717) is 19.6 Å². The fourth-order valence-corrected chi connectivity index (χ4v) is 3.32. The predicted molar refractivity (Wildman–Crippen MR) is 94.5 cm³/mol. The van der Waals surface area contributed by atoms with E-state index in [-0.39, 0.29) is 12.7 Å². The molecule has 0 saturated carbocycles. The maximum atomic E-state index is 12.1. The topological polar surface area (TPSA) is 50.8 Å². The molecular formula is C18H22N2O3S. The lowest BCUT2D eigenvalue weighted by Crippen LogP contribution is -2.37. The highest BCUT2D eigenvalue weighted by Gasteiger charge is 2.15. The molecule has 0 unspecified atom stereocenters. The average molecular weight is 346 g/mol. The molecule has 0 aliphatic carbocycles. The number of carbonyl (C=O) groups excluding carboxylic acids is 1. The molecule has 1 aromatic heterocycles. The monoisotopic (exact) mass is 346 g/mol. The van der Waals surface area contributed by atoms with Gasteiger partial charge in [0.05, 0.1) is 6.54 Å². The number of amides is 1. The van der Waals surface area contributed by atoms with Crippen LogP contribution in [0.15, 0.2) is 35.7 Å². The number of carbonyl (C=O) groups is 1. The molecule has 128 valence electrons. The molecule has 0 saturated heterocycles. The fourth-order valence-electron chi connectivity index (χ4n) is 2.62. The summed E-state index contributed by atoms with van der Waals surface area (Å²) in [6.07, 6.45) is 0.887. The lowest BCUT2D eigenvalue weighted by Gasteiger charge is -2.20. The van der Waals surface area contributed by atoms with Crippen molar-refractivity contribution < 1.29 is 14.3 Å². The predicted octanol–water partition coefficient (Wildman–Crippen LogP) is 2.66. The van der Waals surface area contributed by atoms with Gasteiger partial charge in [0, 0.05) is 18.0 Å². The lowest BCUT2D eigenvalue weighted by molar-refractivity contribution is -0.122. The minimum Gasteiger partial charge on any atom is -0.454 e. The van der Waals surface area contributed by atoms with Gasteiger partial charge in [-0.15, -0.1) is 11.3 Å². The Labute approximate surface area is 146 Å². The van der Waals surface area contributed by atoms with Gasteiger partial charge in [-0.3, -0.25) is 9.69 Å². The number of fused-ring (bicyclic) bond motifs is 1. The van der Waals surface area contributed by atoms with Crippen LogP contribution in [-0.2, 0) is 17.8 Å². The van der Waals surface area contributed by atoms with Crippen LogP contribution in [0.5, 0.6) is 11.5 Å². The number of hydrogen-bond acceptors (Lipinski definition) is 5. The Morgan fingerprint density at radius 3 is 2.96 bits per heavy atom. The van der Waals surface area contributed by atoms with Gasteiger partial charge >= 0.3 is 0 Å². The minimum atomic E-state index is 0.0640. The quantitative estimate of drug-likeness (QED) is 0.798. The van der Waals surface area contributed by atoms with Crippen LogP contribution in [0.2, 0.25) is 0 Å². The average Bonchev–Trinajstić information content (AvgIpc) is 3.25. The van der Waals surface area contributed by atoms with Gasteiger partial charge in [-0.25, -0.2) is 0 Å². The van der Waals surface area contributed by atoms with Crippen LogP contribution in [0.3, 0.4) is 0 Å². The van der Waals surface area contributed by atoms with Crippen LogP contribution in [0, 0.1) is 0 Å². The van der Waals surface area contributed by atoms with Crippen molar-refractivity contribution in [2.45, 2.75) is 19.9 Å². The molecule has 0 radical (unpaired) electrons. The van der Waals surface area contributed by atoms with Crippen molar-refractivity contribution in [1.82, 2.24) is 10.2 Å². The fraction of sp³-hybridized carbons (Fsp3) is 0.389. The second-order valence-electron chi connectivity index (χ2n) is 5.67. The molecule has 1 aromatic carbocycles. The summed E-state index contributed by atoms with van der Waals surface area (Å²) in [5.74, 6) is 1.63. The molecular weight excluding hydrogens is 324 g/mol. The summed E-state index contributed by atoms with van der Waals surface area (Å²) >= 11 is 1.72. The van der Waals surface area contributed by atoms with E-state index in [9.17, 15) is 4.79 Å². The third kappa shape index (κ3) is 4.49. The largest absolute Gasteiger partial charge is 0.454 e. The van der Waals surface area contributed by atoms with E-state index in [1.807, 2.05) is 24.3 Å². The van der Waals surface area contributed by atoms with Crippen LogP contribution in [0.25, 0.3) is 0 Å². The first-order valence-corrected chi connectivity index (χ1v) is 9.02. The van der Waals surface area contributed by atoms with Crippen molar-refractivity contribution in [3.05, 3.63) is 46.2 Å². The van der Waals surface area contributed by atoms with E-state index in [1.54, 1.807) is 11.3 Å². The van der Waals surface area contributed by atoms with Gasteiger partial charge in [0.15, 0.2) is 11.5 Å². The standard InChI is InChI=1S/C18H22N2O3S/c1-2-20(11-14-5-6-16-17(10-14)23-13-22-16)12-18(21)19-8-7-15-4-3-9-24-15/h3-6,9-10H,2,7-8,11-13H2,1H3,(H,19,21). The molecule has 2 heterocycles. The van der Waals surface area contributed by atoms with E-state index in [0.717, 1.165) is 30.0 Å². The minimum absolute atomic E-state index is 0.0640. The Balaban J connectivity index is 1.46. The van der Waals surface area contributed by atoms with Crippen LogP contribution in [0.1, 0.15) is 17.4 Å². The van der Waals surface area contributed by atoms with Gasteiger partial charge in [-0.05, 0) is 42.1 Å². The van der Waals surface area contributed by atoms with Crippen LogP contribution in [0.4, 0.5) is 0 Å². The number of likely N-dealkylation sites (N-methyl/N-ethyl adjacent to an activating group) is 1. The van der Waals surface area contributed by atoms with E-state index in [2.05, 4.69) is 28.6 Å². The molecule has 2 aromatic rings. The Morgan fingerprint density at radius 2 is 2.17 bits per heavy atom. The Bertz CT molecular complexity index is 673. The second-order valence-corrected chi connectivity index (χ2v) is 6.70. The summed E-state index contributed by atoms with van der Waals surface area (Å²) in [7, 11) is 0. The van der Waals surface area contributed by atoms with Crippen LogP contribution >= 0.6 is 11.3 Å². The SMILES string of the molecule is CCN(CC(=O)NCCc1cccs1)Cc1ccc2c(c1)OCO2. The molecule has 1 amide bonds. The number of nitrogens with zero attached hydrogens (tertiary/aromatic N) is 1. The number of thiophene rings is 1. The highest BCUT2D eigenvalue weighted by molar-refractivity contribution is 7.09. The van der Waals surface area contributed by atoms with Gasteiger partial charge in [-0.2, -0.15) is 0 Å². The van der Waals surface area contributed by atoms with Crippen molar-refractivity contribution in [1.29, 1.82) is 0 Å². The van der Waals surface area contributed by atoms with Gasteiger partial charge in [0.25, 0.3) is 0 Å². The van der Waals surface area contributed by atoms with Gasteiger partial charge < -0.3 is 14.8 Å². The second kappa shape index (κ2) is 8.17. The molecule has 1 aliphatic heterocycles.